The fraction of sp³-hybridized carbons (Fsp3) is 0.524. The minimum atomic E-state index is -0.944. The van der Waals surface area contributed by atoms with Gasteiger partial charge in [-0.1, -0.05) is 49.0 Å². The molecule has 1 aliphatic heterocycles. The number of carbonyl (C=O) groups excluding carboxylic acids is 4. The van der Waals surface area contributed by atoms with Gasteiger partial charge in [0, 0.05) is 10.0 Å². The molecule has 2 fully saturated rings. The monoisotopic (exact) mass is 469 g/mol. The molecular formula is C21H25Cl2N3O5. The molecule has 168 valence electrons. The molecule has 1 spiro atoms. The molecule has 1 saturated carbocycles. The van der Waals surface area contributed by atoms with Crippen LogP contribution in [0.15, 0.2) is 18.2 Å². The van der Waals surface area contributed by atoms with Crippen LogP contribution in [0.2, 0.25) is 10.0 Å². The Hall–Kier alpha value is -2.32. The van der Waals surface area contributed by atoms with Crippen molar-refractivity contribution >= 4 is 47.0 Å². The van der Waals surface area contributed by atoms with E-state index in [4.69, 9.17) is 27.9 Å². The molecule has 10 heteroatoms. The fourth-order valence-corrected chi connectivity index (χ4v) is 4.75. The second-order valence-electron chi connectivity index (χ2n) is 8.06. The number of hydrogen-bond donors (Lipinski definition) is 2. The Morgan fingerprint density at radius 2 is 2.06 bits per heavy atom. The van der Waals surface area contributed by atoms with Crippen molar-refractivity contribution in [2.24, 2.45) is 5.92 Å². The van der Waals surface area contributed by atoms with Crippen LogP contribution < -0.4 is 10.6 Å². The third kappa shape index (κ3) is 4.96. The van der Waals surface area contributed by atoms with Crippen LogP contribution in [0.1, 0.15) is 51.1 Å². The largest absolute Gasteiger partial charge is 0.454 e. The Morgan fingerprint density at radius 3 is 2.74 bits per heavy atom. The Morgan fingerprint density at radius 1 is 1.32 bits per heavy atom. The van der Waals surface area contributed by atoms with Crippen molar-refractivity contribution in [3.05, 3.63) is 33.8 Å². The van der Waals surface area contributed by atoms with Crippen molar-refractivity contribution in [1.82, 2.24) is 15.5 Å². The molecule has 1 aromatic rings. The van der Waals surface area contributed by atoms with Gasteiger partial charge in [0.25, 0.3) is 11.8 Å². The van der Waals surface area contributed by atoms with Gasteiger partial charge in [0.2, 0.25) is 0 Å². The maximum atomic E-state index is 12.9. The van der Waals surface area contributed by atoms with Gasteiger partial charge in [-0.05, 0) is 43.4 Å². The number of hydrogen-bond acceptors (Lipinski definition) is 5. The van der Waals surface area contributed by atoms with Crippen molar-refractivity contribution in [3.8, 4) is 0 Å². The number of amides is 4. The summed E-state index contributed by atoms with van der Waals surface area (Å²) in [6, 6.07) is 3.88. The first-order valence-electron chi connectivity index (χ1n) is 10.2. The summed E-state index contributed by atoms with van der Waals surface area (Å²) in [5.74, 6) is -1.79. The quantitative estimate of drug-likeness (QED) is 0.491. The SMILES string of the molecule is CC(NC(=O)COC(=O)CN1C(=O)NC2(CCCCC2C)C1=O)c1ccc(Cl)cc1Cl. The molecule has 8 nitrogen and oxygen atoms in total. The predicted molar refractivity (Wildman–Crippen MR) is 115 cm³/mol. The lowest BCUT2D eigenvalue weighted by molar-refractivity contribution is -0.151. The van der Waals surface area contributed by atoms with Crippen LogP contribution in [0.4, 0.5) is 4.79 Å². The third-order valence-electron chi connectivity index (χ3n) is 5.96. The van der Waals surface area contributed by atoms with Crippen LogP contribution in [-0.4, -0.2) is 47.4 Å². The molecule has 1 aromatic carbocycles. The van der Waals surface area contributed by atoms with Gasteiger partial charge in [-0.25, -0.2) is 4.79 Å². The number of imide groups is 1. The lowest BCUT2D eigenvalue weighted by Gasteiger charge is -2.36. The summed E-state index contributed by atoms with van der Waals surface area (Å²) in [7, 11) is 0. The average Bonchev–Trinajstić information content (AvgIpc) is 2.93. The Labute approximate surface area is 190 Å². The van der Waals surface area contributed by atoms with Crippen molar-refractivity contribution in [2.45, 2.75) is 51.1 Å². The van der Waals surface area contributed by atoms with Gasteiger partial charge < -0.3 is 15.4 Å². The maximum absolute atomic E-state index is 12.9. The topological polar surface area (TPSA) is 105 Å². The number of nitrogens with zero attached hydrogens (tertiary/aromatic N) is 1. The van der Waals surface area contributed by atoms with Gasteiger partial charge in [-0.15, -0.1) is 0 Å². The van der Waals surface area contributed by atoms with Gasteiger partial charge in [-0.3, -0.25) is 19.3 Å². The van der Waals surface area contributed by atoms with Crippen LogP contribution in [0.5, 0.6) is 0 Å². The summed E-state index contributed by atoms with van der Waals surface area (Å²) in [6.07, 6.45) is 3.23. The van der Waals surface area contributed by atoms with E-state index in [0.29, 0.717) is 22.0 Å². The standard InChI is InChI=1S/C21H25Cl2N3O5/c1-12-5-3-4-8-21(12)19(29)26(20(30)25-21)10-18(28)31-11-17(27)24-13(2)15-7-6-14(22)9-16(15)23/h6-7,9,12-13H,3-5,8,10-11H2,1-2H3,(H,24,27)(H,25,30). The number of urea groups is 1. The van der Waals surface area contributed by atoms with E-state index in [1.807, 2.05) is 6.92 Å². The molecule has 4 amide bonds. The zero-order chi connectivity index (χ0) is 22.8. The zero-order valence-corrected chi connectivity index (χ0v) is 18.9. The lowest BCUT2D eigenvalue weighted by Crippen LogP contribution is -2.54. The lowest BCUT2D eigenvalue weighted by atomic mass is 9.73. The molecule has 31 heavy (non-hydrogen) atoms. The van der Waals surface area contributed by atoms with Crippen LogP contribution >= 0.6 is 23.2 Å². The molecule has 0 bridgehead atoms. The highest BCUT2D eigenvalue weighted by Crippen LogP contribution is 2.38. The van der Waals surface area contributed by atoms with Gasteiger partial charge in [0.1, 0.15) is 12.1 Å². The molecule has 1 heterocycles. The number of carbonyl (C=O) groups is 4. The van der Waals surface area contributed by atoms with Gasteiger partial charge in [0.05, 0.1) is 6.04 Å². The Bertz CT molecular complexity index is 909. The second-order valence-corrected chi connectivity index (χ2v) is 8.90. The minimum Gasteiger partial charge on any atom is -0.454 e. The number of halogens is 2. The highest BCUT2D eigenvalue weighted by molar-refractivity contribution is 6.35. The van der Waals surface area contributed by atoms with E-state index in [1.54, 1.807) is 25.1 Å². The highest BCUT2D eigenvalue weighted by atomic mass is 35.5. The first-order chi connectivity index (χ1) is 14.6. The molecule has 0 radical (unpaired) electrons. The Balaban J connectivity index is 1.51. The molecule has 2 aliphatic rings. The number of benzene rings is 1. The number of esters is 1. The third-order valence-corrected chi connectivity index (χ3v) is 6.52. The summed E-state index contributed by atoms with van der Waals surface area (Å²) >= 11 is 12.0. The number of nitrogens with one attached hydrogen (secondary N) is 2. The Kier molecular flexibility index (Phi) is 7.11. The highest BCUT2D eigenvalue weighted by Gasteiger charge is 2.55. The minimum absolute atomic E-state index is 0.00863. The zero-order valence-electron chi connectivity index (χ0n) is 17.4. The van der Waals surface area contributed by atoms with E-state index >= 15 is 0 Å². The van der Waals surface area contributed by atoms with E-state index < -0.39 is 48.5 Å². The fourth-order valence-electron chi connectivity index (χ4n) is 4.17. The van der Waals surface area contributed by atoms with E-state index in [0.717, 1.165) is 24.2 Å². The van der Waals surface area contributed by atoms with Crippen molar-refractivity contribution in [2.75, 3.05) is 13.2 Å². The molecule has 3 unspecified atom stereocenters. The van der Waals surface area contributed by atoms with Gasteiger partial charge in [-0.2, -0.15) is 0 Å². The van der Waals surface area contributed by atoms with Crippen molar-refractivity contribution < 1.29 is 23.9 Å². The summed E-state index contributed by atoms with van der Waals surface area (Å²) in [5, 5.41) is 6.33. The normalized spacial score (nSPS) is 24.1. The molecule has 3 atom stereocenters. The van der Waals surface area contributed by atoms with E-state index in [1.165, 1.54) is 0 Å². The summed E-state index contributed by atoms with van der Waals surface area (Å²) in [4.78, 5) is 50.4. The van der Waals surface area contributed by atoms with Crippen LogP contribution in [-0.2, 0) is 19.1 Å². The van der Waals surface area contributed by atoms with E-state index in [2.05, 4.69) is 10.6 Å². The number of ether oxygens (including phenoxy) is 1. The molecule has 0 aromatic heterocycles. The van der Waals surface area contributed by atoms with Crippen LogP contribution in [0.25, 0.3) is 0 Å². The predicted octanol–water partition coefficient (Wildman–Crippen LogP) is 3.21. The van der Waals surface area contributed by atoms with Crippen molar-refractivity contribution in [1.29, 1.82) is 0 Å². The van der Waals surface area contributed by atoms with Crippen LogP contribution in [0.3, 0.4) is 0 Å². The molecule has 1 aliphatic carbocycles. The van der Waals surface area contributed by atoms with E-state index in [9.17, 15) is 19.2 Å². The van der Waals surface area contributed by atoms with Gasteiger partial charge in [0.15, 0.2) is 6.61 Å². The molecular weight excluding hydrogens is 445 g/mol. The first-order valence-corrected chi connectivity index (χ1v) is 10.9. The second kappa shape index (κ2) is 9.44. The average molecular weight is 470 g/mol. The summed E-state index contributed by atoms with van der Waals surface area (Å²) < 4.78 is 4.97. The van der Waals surface area contributed by atoms with Gasteiger partial charge >= 0.3 is 12.0 Å². The van der Waals surface area contributed by atoms with Crippen molar-refractivity contribution in [3.63, 3.8) is 0 Å². The molecule has 2 N–H and O–H groups in total. The number of rotatable bonds is 6. The smallest absolute Gasteiger partial charge is 0.326 e. The summed E-state index contributed by atoms with van der Waals surface area (Å²) in [6.45, 7) is 2.58. The molecule has 1 saturated heterocycles. The first kappa shape index (κ1) is 23.3. The molecule has 3 rings (SSSR count). The maximum Gasteiger partial charge on any atom is 0.326 e. The van der Waals surface area contributed by atoms with Crippen LogP contribution in [0, 0.1) is 5.92 Å². The van der Waals surface area contributed by atoms with E-state index in [-0.39, 0.29) is 5.92 Å². The summed E-state index contributed by atoms with van der Waals surface area (Å²) in [5.41, 5.74) is -0.280.